The van der Waals surface area contributed by atoms with Crippen LogP contribution in [0, 0.1) is 0 Å². The lowest BCUT2D eigenvalue weighted by atomic mass is 10.2. The topological polar surface area (TPSA) is 55.1 Å². The number of anilines is 2. The summed E-state index contributed by atoms with van der Waals surface area (Å²) < 4.78 is 0.745. The van der Waals surface area contributed by atoms with Crippen molar-refractivity contribution in [1.82, 2.24) is 0 Å². The molecule has 3 nitrogen and oxygen atoms in total. The summed E-state index contributed by atoms with van der Waals surface area (Å²) >= 11 is 15.0. The fourth-order valence-electron chi connectivity index (χ4n) is 1.51. The highest BCUT2D eigenvalue weighted by molar-refractivity contribution is 9.10. The Morgan fingerprint density at radius 1 is 1.11 bits per heavy atom. The summed E-state index contributed by atoms with van der Waals surface area (Å²) in [5.74, 6) is -0.280. The van der Waals surface area contributed by atoms with Crippen molar-refractivity contribution >= 4 is 56.4 Å². The zero-order valence-electron chi connectivity index (χ0n) is 9.58. The first-order valence-corrected chi connectivity index (χ1v) is 6.83. The lowest BCUT2D eigenvalue weighted by Gasteiger charge is -2.07. The van der Waals surface area contributed by atoms with E-state index in [0.29, 0.717) is 27.0 Å². The van der Waals surface area contributed by atoms with Crippen molar-refractivity contribution in [2.24, 2.45) is 0 Å². The van der Waals surface area contributed by atoms with Gasteiger partial charge in [0.05, 0.1) is 0 Å². The number of hydrogen-bond donors (Lipinski definition) is 2. The molecule has 0 saturated carbocycles. The fourth-order valence-corrected chi connectivity index (χ4v) is 2.29. The van der Waals surface area contributed by atoms with Crippen LogP contribution in [-0.4, -0.2) is 5.91 Å². The van der Waals surface area contributed by atoms with E-state index in [2.05, 4.69) is 21.2 Å². The third-order valence-electron chi connectivity index (χ3n) is 2.38. The van der Waals surface area contributed by atoms with Gasteiger partial charge in [0.25, 0.3) is 5.91 Å². The molecule has 2 aromatic carbocycles. The average molecular weight is 360 g/mol. The zero-order chi connectivity index (χ0) is 14.0. The monoisotopic (exact) mass is 358 g/mol. The predicted molar refractivity (Wildman–Crippen MR) is 83.0 cm³/mol. The van der Waals surface area contributed by atoms with Crippen LogP contribution in [0.15, 0.2) is 40.9 Å². The highest BCUT2D eigenvalue weighted by Crippen LogP contribution is 2.24. The Morgan fingerprint density at radius 3 is 2.32 bits per heavy atom. The molecule has 0 fully saturated rings. The van der Waals surface area contributed by atoms with Gasteiger partial charge >= 0.3 is 0 Å². The highest BCUT2D eigenvalue weighted by atomic mass is 79.9. The molecule has 0 aliphatic heterocycles. The molecule has 0 spiro atoms. The second kappa shape index (κ2) is 5.82. The largest absolute Gasteiger partial charge is 0.398 e. The van der Waals surface area contributed by atoms with Crippen LogP contribution in [0.2, 0.25) is 10.0 Å². The molecule has 0 radical (unpaired) electrons. The number of amides is 1. The molecule has 3 N–H and O–H groups in total. The standard InChI is InChI=1S/C13H9BrCl2N2O/c14-11-2-1-7(3-12(11)17)13(19)18-10-5-8(15)4-9(16)6-10/h1-6H,17H2,(H,18,19). The van der Waals surface area contributed by atoms with Crippen LogP contribution in [-0.2, 0) is 0 Å². The molecule has 1 amide bonds. The van der Waals surface area contributed by atoms with E-state index in [1.807, 2.05) is 0 Å². The number of carbonyl (C=O) groups is 1. The van der Waals surface area contributed by atoms with E-state index in [9.17, 15) is 4.79 Å². The van der Waals surface area contributed by atoms with Crippen LogP contribution in [0.5, 0.6) is 0 Å². The van der Waals surface area contributed by atoms with Crippen molar-refractivity contribution in [3.63, 3.8) is 0 Å². The van der Waals surface area contributed by atoms with Crippen molar-refractivity contribution in [2.45, 2.75) is 0 Å². The molecular formula is C13H9BrCl2N2O. The van der Waals surface area contributed by atoms with Gasteiger partial charge in [-0.3, -0.25) is 4.79 Å². The Hall–Kier alpha value is -1.23. The van der Waals surface area contributed by atoms with E-state index >= 15 is 0 Å². The molecule has 0 atom stereocenters. The Bertz CT molecular complexity index is 626. The summed E-state index contributed by atoms with van der Waals surface area (Å²) in [6.07, 6.45) is 0. The van der Waals surface area contributed by atoms with E-state index in [4.69, 9.17) is 28.9 Å². The smallest absolute Gasteiger partial charge is 0.255 e. The van der Waals surface area contributed by atoms with E-state index in [-0.39, 0.29) is 5.91 Å². The van der Waals surface area contributed by atoms with Gasteiger partial charge in [-0.25, -0.2) is 0 Å². The van der Waals surface area contributed by atoms with Gasteiger partial charge in [-0.15, -0.1) is 0 Å². The van der Waals surface area contributed by atoms with Crippen LogP contribution in [0.3, 0.4) is 0 Å². The fraction of sp³-hybridized carbons (Fsp3) is 0. The molecule has 0 aliphatic rings. The molecule has 98 valence electrons. The Labute approximate surface area is 128 Å². The second-order valence-electron chi connectivity index (χ2n) is 3.85. The van der Waals surface area contributed by atoms with E-state index in [0.717, 1.165) is 4.47 Å². The van der Waals surface area contributed by atoms with Gasteiger partial charge in [-0.05, 0) is 52.3 Å². The number of nitrogens with two attached hydrogens (primary N) is 1. The van der Waals surface area contributed by atoms with Crippen LogP contribution in [0.25, 0.3) is 0 Å². The van der Waals surface area contributed by atoms with E-state index < -0.39 is 0 Å². The molecule has 0 aliphatic carbocycles. The van der Waals surface area contributed by atoms with Crippen LogP contribution >= 0.6 is 39.1 Å². The lowest BCUT2D eigenvalue weighted by Crippen LogP contribution is -2.12. The van der Waals surface area contributed by atoms with Crippen molar-refractivity contribution in [3.05, 3.63) is 56.5 Å². The first kappa shape index (κ1) is 14.2. The zero-order valence-corrected chi connectivity index (χ0v) is 12.7. The van der Waals surface area contributed by atoms with E-state index in [1.165, 1.54) is 0 Å². The molecule has 0 saturated heterocycles. The first-order valence-electron chi connectivity index (χ1n) is 5.28. The number of rotatable bonds is 2. The van der Waals surface area contributed by atoms with Gasteiger partial charge in [-0.2, -0.15) is 0 Å². The number of carbonyl (C=O) groups excluding carboxylic acids is 1. The van der Waals surface area contributed by atoms with Crippen molar-refractivity contribution in [3.8, 4) is 0 Å². The van der Waals surface area contributed by atoms with Crippen LogP contribution in [0.4, 0.5) is 11.4 Å². The van der Waals surface area contributed by atoms with Gasteiger partial charge in [0.2, 0.25) is 0 Å². The molecular weight excluding hydrogens is 351 g/mol. The maximum absolute atomic E-state index is 12.0. The molecule has 2 aromatic rings. The number of hydrogen-bond acceptors (Lipinski definition) is 2. The molecule has 19 heavy (non-hydrogen) atoms. The average Bonchev–Trinajstić information content (AvgIpc) is 2.31. The summed E-state index contributed by atoms with van der Waals surface area (Å²) in [5.41, 5.74) is 7.21. The molecule has 0 heterocycles. The van der Waals surface area contributed by atoms with Crippen molar-refractivity contribution in [2.75, 3.05) is 11.1 Å². The minimum absolute atomic E-state index is 0.280. The summed E-state index contributed by atoms with van der Waals surface area (Å²) in [5, 5.41) is 3.62. The predicted octanol–water partition coefficient (Wildman–Crippen LogP) is 4.59. The summed E-state index contributed by atoms with van der Waals surface area (Å²) in [6, 6.07) is 9.81. The third kappa shape index (κ3) is 3.62. The van der Waals surface area contributed by atoms with Gasteiger partial charge < -0.3 is 11.1 Å². The SMILES string of the molecule is Nc1cc(C(=O)Nc2cc(Cl)cc(Cl)c2)ccc1Br. The minimum Gasteiger partial charge on any atom is -0.398 e. The Kier molecular flexibility index (Phi) is 4.34. The molecule has 0 unspecified atom stereocenters. The normalized spacial score (nSPS) is 10.3. The quantitative estimate of drug-likeness (QED) is 0.770. The number of nitrogens with one attached hydrogen (secondary N) is 1. The maximum atomic E-state index is 12.0. The van der Waals surface area contributed by atoms with Gasteiger partial charge in [0, 0.05) is 31.5 Å². The first-order chi connectivity index (χ1) is 8.95. The van der Waals surface area contributed by atoms with Gasteiger partial charge in [0.15, 0.2) is 0 Å². The second-order valence-corrected chi connectivity index (χ2v) is 5.58. The summed E-state index contributed by atoms with van der Waals surface area (Å²) in [7, 11) is 0. The van der Waals surface area contributed by atoms with Crippen molar-refractivity contribution in [1.29, 1.82) is 0 Å². The summed E-state index contributed by atoms with van der Waals surface area (Å²) in [6.45, 7) is 0. The number of halogens is 3. The molecule has 2 rings (SSSR count). The lowest BCUT2D eigenvalue weighted by molar-refractivity contribution is 0.102. The van der Waals surface area contributed by atoms with Crippen molar-refractivity contribution < 1.29 is 4.79 Å². The minimum atomic E-state index is -0.280. The highest BCUT2D eigenvalue weighted by Gasteiger charge is 2.08. The van der Waals surface area contributed by atoms with Gasteiger partial charge in [-0.1, -0.05) is 23.2 Å². The van der Waals surface area contributed by atoms with Crippen LogP contribution in [0.1, 0.15) is 10.4 Å². The molecule has 0 aromatic heterocycles. The third-order valence-corrected chi connectivity index (χ3v) is 3.54. The van der Waals surface area contributed by atoms with Crippen LogP contribution < -0.4 is 11.1 Å². The molecule has 6 heteroatoms. The van der Waals surface area contributed by atoms with Gasteiger partial charge in [0.1, 0.15) is 0 Å². The Morgan fingerprint density at radius 2 is 1.74 bits per heavy atom. The number of nitrogen functional groups attached to an aromatic ring is 1. The molecule has 0 bridgehead atoms. The Balaban J connectivity index is 2.22. The number of benzene rings is 2. The van der Waals surface area contributed by atoms with E-state index in [1.54, 1.807) is 36.4 Å². The maximum Gasteiger partial charge on any atom is 0.255 e. The summed E-state index contributed by atoms with van der Waals surface area (Å²) in [4.78, 5) is 12.0.